The number of ether oxygens (including phenoxy) is 1. The maximum Gasteiger partial charge on any atom is 0.337 e. The zero-order valence-corrected chi connectivity index (χ0v) is 22.7. The van der Waals surface area contributed by atoms with E-state index in [-0.39, 0.29) is 35.6 Å². The molecule has 0 radical (unpaired) electrons. The second-order valence-corrected chi connectivity index (χ2v) is 10.7. The summed E-state index contributed by atoms with van der Waals surface area (Å²) in [6, 6.07) is 17.1. The molecule has 0 saturated heterocycles. The third-order valence-corrected chi connectivity index (χ3v) is 7.64. The van der Waals surface area contributed by atoms with Gasteiger partial charge in [-0.15, -0.1) is 0 Å². The number of hydrogen-bond donors (Lipinski definition) is 1. The van der Waals surface area contributed by atoms with Crippen LogP contribution < -0.4 is 4.74 Å². The average Bonchev–Trinajstić information content (AvgIpc) is 3.72. The fourth-order valence-electron chi connectivity index (χ4n) is 4.89. The Labute approximate surface area is 244 Å². The Morgan fingerprint density at radius 2 is 1.84 bits per heavy atom. The summed E-state index contributed by atoms with van der Waals surface area (Å²) in [5, 5.41) is 18.3. The van der Waals surface area contributed by atoms with Crippen LogP contribution in [0.15, 0.2) is 66.9 Å². The minimum Gasteiger partial charge on any atom is -0.478 e. The van der Waals surface area contributed by atoms with Crippen LogP contribution in [0.5, 0.6) is 5.88 Å². The summed E-state index contributed by atoms with van der Waals surface area (Å²) in [5.74, 6) is -1.53. The minimum atomic E-state index is -1.14. The molecule has 3 aromatic heterocycles. The van der Waals surface area contributed by atoms with E-state index >= 15 is 4.39 Å². The number of benzene rings is 2. The van der Waals surface area contributed by atoms with E-state index in [0.29, 0.717) is 53.2 Å². The molecule has 43 heavy (non-hydrogen) atoms. The molecule has 0 bridgehead atoms. The maximum atomic E-state index is 15.5. The molecule has 5 aromatic rings. The summed E-state index contributed by atoms with van der Waals surface area (Å²) in [7, 11) is 0. The molecule has 216 valence electrons. The molecule has 1 aliphatic carbocycles. The quantitative estimate of drug-likeness (QED) is 0.206. The van der Waals surface area contributed by atoms with Crippen molar-refractivity contribution >= 4 is 17.1 Å². The molecule has 0 spiro atoms. The first-order valence-corrected chi connectivity index (χ1v) is 13.5. The Bertz CT molecular complexity index is 1910. The Hall–Kier alpha value is -5.24. The van der Waals surface area contributed by atoms with Gasteiger partial charge in [-0.25, -0.2) is 28.5 Å². The van der Waals surface area contributed by atoms with Gasteiger partial charge >= 0.3 is 5.97 Å². The van der Waals surface area contributed by atoms with Gasteiger partial charge in [-0.3, -0.25) is 4.39 Å². The monoisotopic (exact) mass is 583 g/mol. The van der Waals surface area contributed by atoms with Gasteiger partial charge in [0.15, 0.2) is 5.65 Å². The topological polar surface area (TPSA) is 114 Å². The van der Waals surface area contributed by atoms with E-state index < -0.39 is 29.7 Å². The van der Waals surface area contributed by atoms with Gasteiger partial charge in [0.05, 0.1) is 35.1 Å². The molecule has 0 atom stereocenters. The highest BCUT2D eigenvalue weighted by molar-refractivity contribution is 5.91. The second kappa shape index (κ2) is 11.2. The molecule has 11 heteroatoms. The van der Waals surface area contributed by atoms with Crippen molar-refractivity contribution in [1.82, 2.24) is 19.5 Å². The highest BCUT2D eigenvalue weighted by Gasteiger charge is 2.44. The van der Waals surface area contributed by atoms with Crippen LogP contribution in [-0.4, -0.2) is 37.3 Å². The number of fused-ring (bicyclic) bond motifs is 1. The third kappa shape index (κ3) is 5.77. The number of nitrogens with zero attached hydrogens (tertiary/aromatic N) is 5. The lowest BCUT2D eigenvalue weighted by Crippen LogP contribution is -2.16. The molecule has 3 heterocycles. The molecule has 1 saturated carbocycles. The van der Waals surface area contributed by atoms with Crippen molar-refractivity contribution in [3.8, 4) is 23.2 Å². The van der Waals surface area contributed by atoms with E-state index in [1.807, 2.05) is 6.07 Å². The van der Waals surface area contributed by atoms with Crippen LogP contribution in [0.25, 0.3) is 22.4 Å². The Morgan fingerprint density at radius 1 is 1.05 bits per heavy atom. The molecule has 2 aromatic carbocycles. The number of imidazole rings is 1. The number of carboxylic acids is 1. The zero-order valence-electron chi connectivity index (χ0n) is 22.7. The van der Waals surface area contributed by atoms with Crippen LogP contribution in [0.3, 0.4) is 0 Å². The van der Waals surface area contributed by atoms with E-state index in [9.17, 15) is 18.7 Å². The van der Waals surface area contributed by atoms with Crippen molar-refractivity contribution in [2.24, 2.45) is 5.41 Å². The van der Waals surface area contributed by atoms with Gasteiger partial charge in [0.25, 0.3) is 0 Å². The SMILES string of the molecule is N#Cc1ccc(COc2cccc(-c3ccc(Cc4nc5ncc(C(=O)O)cc5n4CC4(CF)CC4)c(F)c3)n2)c(F)c1. The number of nitriles is 1. The average molecular weight is 584 g/mol. The minimum absolute atomic E-state index is 0.0124. The normalized spacial score (nSPS) is 13.5. The lowest BCUT2D eigenvalue weighted by molar-refractivity contribution is 0.0696. The molecular weight excluding hydrogens is 559 g/mol. The van der Waals surface area contributed by atoms with Crippen molar-refractivity contribution in [2.45, 2.75) is 32.4 Å². The number of halogens is 3. The summed E-state index contributed by atoms with van der Waals surface area (Å²) in [4.78, 5) is 24.7. The Morgan fingerprint density at radius 3 is 2.53 bits per heavy atom. The standard InChI is InChI=1S/C32H24F3N5O3/c33-17-32(8-9-32)18-40-27-12-23(31(41)42)15-37-30(27)39-28(40)13-20-6-7-21(11-25(20)35)26-2-1-3-29(38-26)43-16-22-5-4-19(14-36)10-24(22)34/h1-7,10-12,15H,8-9,13,16-18H2,(H,41,42). The molecule has 8 nitrogen and oxygen atoms in total. The summed E-state index contributed by atoms with van der Waals surface area (Å²) in [5.41, 5.74) is 1.98. The number of hydrogen-bond acceptors (Lipinski definition) is 6. The van der Waals surface area contributed by atoms with E-state index in [0.717, 1.165) is 6.07 Å². The van der Waals surface area contributed by atoms with Gasteiger partial charge in [0, 0.05) is 41.8 Å². The first-order valence-electron chi connectivity index (χ1n) is 13.5. The molecule has 0 unspecified atom stereocenters. The van der Waals surface area contributed by atoms with Crippen LogP contribution in [0.4, 0.5) is 13.2 Å². The van der Waals surface area contributed by atoms with Crippen molar-refractivity contribution in [3.05, 3.63) is 107 Å². The number of carbonyl (C=O) groups is 1. The van der Waals surface area contributed by atoms with Gasteiger partial charge < -0.3 is 14.4 Å². The van der Waals surface area contributed by atoms with Crippen LogP contribution in [0.1, 0.15) is 45.7 Å². The van der Waals surface area contributed by atoms with Gasteiger partial charge in [-0.05, 0) is 48.7 Å². The number of aromatic carboxylic acids is 1. The van der Waals surface area contributed by atoms with Gasteiger partial charge in [-0.1, -0.05) is 24.3 Å². The van der Waals surface area contributed by atoms with E-state index in [4.69, 9.17) is 10.00 Å². The predicted molar refractivity (Wildman–Crippen MR) is 150 cm³/mol. The van der Waals surface area contributed by atoms with Gasteiger partial charge in [0.1, 0.15) is 24.1 Å². The first-order chi connectivity index (χ1) is 20.8. The summed E-state index contributed by atoms with van der Waals surface area (Å²) in [6.45, 7) is -0.322. The highest BCUT2D eigenvalue weighted by Crippen LogP contribution is 2.48. The summed E-state index contributed by atoms with van der Waals surface area (Å²) in [6.07, 6.45) is 2.71. The predicted octanol–water partition coefficient (Wildman–Crippen LogP) is 6.26. The van der Waals surface area contributed by atoms with Crippen molar-refractivity contribution in [3.63, 3.8) is 0 Å². The van der Waals surface area contributed by atoms with Crippen LogP contribution >= 0.6 is 0 Å². The largest absolute Gasteiger partial charge is 0.478 e. The molecule has 1 N–H and O–H groups in total. The van der Waals surface area contributed by atoms with Gasteiger partial charge in [0.2, 0.25) is 5.88 Å². The van der Waals surface area contributed by atoms with Crippen molar-refractivity contribution < 1.29 is 27.8 Å². The fraction of sp³-hybridized carbons (Fsp3) is 0.219. The number of carboxylic acid groups (broad SMARTS) is 1. The van der Waals surface area contributed by atoms with Crippen LogP contribution in [0.2, 0.25) is 0 Å². The van der Waals surface area contributed by atoms with Crippen molar-refractivity contribution in [1.29, 1.82) is 5.26 Å². The molecule has 1 fully saturated rings. The number of rotatable bonds is 10. The molecule has 0 aliphatic heterocycles. The lowest BCUT2D eigenvalue weighted by atomic mass is 10.0. The number of aromatic nitrogens is 4. The lowest BCUT2D eigenvalue weighted by Gasteiger charge is -2.16. The number of alkyl halides is 1. The molecule has 0 amide bonds. The molecule has 1 aliphatic rings. The molecule has 6 rings (SSSR count). The van der Waals surface area contributed by atoms with Crippen LogP contribution in [0, 0.1) is 28.4 Å². The zero-order chi connectivity index (χ0) is 30.1. The highest BCUT2D eigenvalue weighted by atomic mass is 19.1. The first kappa shape index (κ1) is 27.9. The van der Waals surface area contributed by atoms with Crippen molar-refractivity contribution in [2.75, 3.05) is 6.67 Å². The molecular formula is C32H24F3N5O3. The van der Waals surface area contributed by atoms with Crippen LogP contribution in [-0.2, 0) is 19.6 Å². The number of pyridine rings is 2. The van der Waals surface area contributed by atoms with E-state index in [2.05, 4.69) is 15.0 Å². The summed E-state index contributed by atoms with van der Waals surface area (Å²) >= 11 is 0. The third-order valence-electron chi connectivity index (χ3n) is 7.64. The second-order valence-electron chi connectivity index (χ2n) is 10.7. The van der Waals surface area contributed by atoms with E-state index in [1.54, 1.807) is 34.9 Å². The smallest absolute Gasteiger partial charge is 0.337 e. The summed E-state index contributed by atoms with van der Waals surface area (Å²) < 4.78 is 50.9. The van der Waals surface area contributed by atoms with E-state index in [1.165, 1.54) is 30.5 Å². The Kier molecular flexibility index (Phi) is 7.27. The fourth-order valence-corrected chi connectivity index (χ4v) is 4.89. The maximum absolute atomic E-state index is 15.5. The Balaban J connectivity index is 1.24. The van der Waals surface area contributed by atoms with Gasteiger partial charge in [-0.2, -0.15) is 5.26 Å².